The van der Waals surface area contributed by atoms with Crippen molar-refractivity contribution in [1.29, 1.82) is 0 Å². The second-order valence-electron chi connectivity index (χ2n) is 3.09. The van der Waals surface area contributed by atoms with E-state index in [1.807, 2.05) is 6.07 Å². The molecule has 0 aliphatic heterocycles. The predicted octanol–water partition coefficient (Wildman–Crippen LogP) is 0.483. The van der Waals surface area contributed by atoms with Crippen molar-refractivity contribution in [2.45, 2.75) is 5.92 Å². The molecule has 0 bridgehead atoms. The topological polar surface area (TPSA) is 88.9 Å². The van der Waals surface area contributed by atoms with Crippen molar-refractivity contribution in [2.24, 2.45) is 0 Å². The fraction of sp³-hybridized carbons (Fsp3) is 0.100. The zero-order valence-electron chi connectivity index (χ0n) is 8.19. The minimum atomic E-state index is -1.03. The van der Waals surface area contributed by atoms with Crippen LogP contribution in [0.2, 0.25) is 0 Å². The molecule has 80 valence electrons. The molecular weight excluding hydrogens is 208 g/mol. The summed E-state index contributed by atoms with van der Waals surface area (Å²) in [4.78, 5) is 11.2. The van der Waals surface area contributed by atoms with E-state index in [1.165, 1.54) is 0 Å². The maximum Gasteiger partial charge on any atom is 0.318 e. The fourth-order valence-corrected chi connectivity index (χ4v) is 1.38. The fourth-order valence-electron chi connectivity index (χ4n) is 1.38. The van der Waals surface area contributed by atoms with E-state index < -0.39 is 11.9 Å². The first-order valence-corrected chi connectivity index (χ1v) is 4.57. The van der Waals surface area contributed by atoms with Gasteiger partial charge in [-0.1, -0.05) is 30.3 Å². The Morgan fingerprint density at radius 2 is 1.75 bits per heavy atom. The Morgan fingerprint density at radius 3 is 2.31 bits per heavy atom. The lowest BCUT2D eigenvalue weighted by molar-refractivity contribution is -0.137. The second-order valence-corrected chi connectivity index (χ2v) is 3.09. The molecule has 16 heavy (non-hydrogen) atoms. The zero-order chi connectivity index (χ0) is 11.4. The molecule has 0 amide bonds. The molecule has 1 atom stereocenters. The van der Waals surface area contributed by atoms with E-state index >= 15 is 0 Å². The van der Waals surface area contributed by atoms with Crippen LogP contribution in [0.3, 0.4) is 0 Å². The first kappa shape index (κ1) is 10.2. The molecule has 2 rings (SSSR count). The van der Waals surface area contributed by atoms with Crippen molar-refractivity contribution < 1.29 is 9.90 Å². The van der Waals surface area contributed by atoms with Crippen LogP contribution in [-0.2, 0) is 4.79 Å². The van der Waals surface area contributed by atoms with Crippen LogP contribution in [0.25, 0.3) is 0 Å². The molecule has 1 unspecified atom stereocenters. The molecule has 0 aliphatic rings. The Hall–Kier alpha value is -2.37. The summed E-state index contributed by atoms with van der Waals surface area (Å²) in [6.07, 6.45) is 1.16. The number of aliphatic carboxylic acids is 1. The number of carboxylic acids is 1. The van der Waals surface area contributed by atoms with Crippen LogP contribution in [0.4, 0.5) is 0 Å². The van der Waals surface area contributed by atoms with Gasteiger partial charge in [-0.15, -0.1) is 20.4 Å². The number of benzene rings is 1. The average molecular weight is 216 g/mol. The maximum atomic E-state index is 11.2. The van der Waals surface area contributed by atoms with Crippen molar-refractivity contribution in [1.82, 2.24) is 20.4 Å². The van der Waals surface area contributed by atoms with Crippen LogP contribution in [0.15, 0.2) is 36.7 Å². The van der Waals surface area contributed by atoms with Gasteiger partial charge in [0.2, 0.25) is 0 Å². The minimum Gasteiger partial charge on any atom is -0.480 e. The second kappa shape index (κ2) is 4.43. The van der Waals surface area contributed by atoms with Crippen molar-refractivity contribution in [3.63, 3.8) is 0 Å². The van der Waals surface area contributed by atoms with Crippen molar-refractivity contribution in [3.05, 3.63) is 48.0 Å². The zero-order valence-corrected chi connectivity index (χ0v) is 8.19. The summed E-state index contributed by atoms with van der Waals surface area (Å²) in [7, 11) is 0. The average Bonchev–Trinajstić information content (AvgIpc) is 2.31. The van der Waals surface area contributed by atoms with Gasteiger partial charge in [-0.3, -0.25) is 4.79 Å². The van der Waals surface area contributed by atoms with Crippen molar-refractivity contribution >= 4 is 5.97 Å². The molecule has 0 saturated carbocycles. The third-order valence-corrected chi connectivity index (χ3v) is 2.06. The van der Waals surface area contributed by atoms with Gasteiger partial charge in [-0.25, -0.2) is 0 Å². The van der Waals surface area contributed by atoms with Gasteiger partial charge in [-0.2, -0.15) is 0 Å². The molecule has 1 aromatic carbocycles. The number of hydrogen-bond acceptors (Lipinski definition) is 5. The lowest BCUT2D eigenvalue weighted by atomic mass is 9.99. The molecule has 0 radical (unpaired) electrons. The van der Waals surface area contributed by atoms with E-state index in [1.54, 1.807) is 24.3 Å². The van der Waals surface area contributed by atoms with Gasteiger partial charge in [0.15, 0.2) is 12.2 Å². The van der Waals surface area contributed by atoms with Crippen LogP contribution < -0.4 is 0 Å². The lowest BCUT2D eigenvalue weighted by Crippen LogP contribution is -2.17. The van der Waals surface area contributed by atoms with E-state index in [9.17, 15) is 4.79 Å². The third-order valence-electron chi connectivity index (χ3n) is 2.06. The maximum absolute atomic E-state index is 11.2. The monoisotopic (exact) mass is 216 g/mol. The number of rotatable bonds is 3. The first-order chi connectivity index (χ1) is 7.79. The summed E-state index contributed by atoms with van der Waals surface area (Å²) in [5, 5.41) is 23.5. The molecule has 1 N–H and O–H groups in total. The molecule has 2 aromatic rings. The van der Waals surface area contributed by atoms with Crippen LogP contribution in [0.1, 0.15) is 17.3 Å². The van der Waals surface area contributed by atoms with E-state index in [0.717, 1.165) is 6.33 Å². The van der Waals surface area contributed by atoms with E-state index in [2.05, 4.69) is 20.4 Å². The largest absolute Gasteiger partial charge is 0.480 e. The van der Waals surface area contributed by atoms with E-state index in [0.29, 0.717) is 5.56 Å². The molecule has 0 aliphatic carbocycles. The van der Waals surface area contributed by atoms with E-state index in [4.69, 9.17) is 5.11 Å². The summed E-state index contributed by atoms with van der Waals surface area (Å²) in [5.74, 6) is -1.87. The number of carbonyl (C=O) groups is 1. The molecule has 0 fully saturated rings. The number of nitrogens with zero attached hydrogens (tertiary/aromatic N) is 4. The van der Waals surface area contributed by atoms with Gasteiger partial charge in [0, 0.05) is 0 Å². The normalized spacial score (nSPS) is 12.0. The van der Waals surface area contributed by atoms with Crippen LogP contribution >= 0.6 is 0 Å². The highest BCUT2D eigenvalue weighted by Crippen LogP contribution is 2.20. The van der Waals surface area contributed by atoms with Gasteiger partial charge in [0.25, 0.3) is 0 Å². The van der Waals surface area contributed by atoms with Gasteiger partial charge < -0.3 is 5.11 Å². The highest BCUT2D eigenvalue weighted by Gasteiger charge is 2.25. The lowest BCUT2D eigenvalue weighted by Gasteiger charge is -2.08. The highest BCUT2D eigenvalue weighted by atomic mass is 16.4. The summed E-state index contributed by atoms with van der Waals surface area (Å²) in [6.45, 7) is 0. The molecule has 0 spiro atoms. The van der Waals surface area contributed by atoms with Gasteiger partial charge in [0.1, 0.15) is 5.92 Å². The summed E-state index contributed by atoms with van der Waals surface area (Å²) in [6, 6.07) is 8.74. The Morgan fingerprint density at radius 1 is 1.12 bits per heavy atom. The minimum absolute atomic E-state index is 0.0844. The molecule has 1 aromatic heterocycles. The molecule has 6 heteroatoms. The van der Waals surface area contributed by atoms with Crippen molar-refractivity contribution in [2.75, 3.05) is 0 Å². The van der Waals surface area contributed by atoms with E-state index in [-0.39, 0.29) is 5.82 Å². The Kier molecular flexibility index (Phi) is 2.81. The quantitative estimate of drug-likeness (QED) is 0.802. The molecule has 0 saturated heterocycles. The smallest absolute Gasteiger partial charge is 0.318 e. The van der Waals surface area contributed by atoms with Crippen LogP contribution in [0, 0.1) is 0 Å². The van der Waals surface area contributed by atoms with Gasteiger partial charge in [-0.05, 0) is 5.56 Å². The molecular formula is C10H8N4O2. The van der Waals surface area contributed by atoms with Crippen LogP contribution in [0.5, 0.6) is 0 Å². The standard InChI is InChI=1S/C10H8N4O2/c15-10(16)8(7-4-2-1-3-5-7)9-13-11-6-12-14-9/h1-6,8H,(H,15,16). The Labute approximate surface area is 91.0 Å². The van der Waals surface area contributed by atoms with Crippen molar-refractivity contribution in [3.8, 4) is 0 Å². The Balaban J connectivity index is 2.44. The number of carboxylic acid groups (broad SMARTS) is 1. The Bertz CT molecular complexity index is 435. The first-order valence-electron chi connectivity index (χ1n) is 4.57. The summed E-state index contributed by atoms with van der Waals surface area (Å²) >= 11 is 0. The van der Waals surface area contributed by atoms with Crippen LogP contribution in [-0.4, -0.2) is 31.5 Å². The third kappa shape index (κ3) is 2.00. The molecule has 1 heterocycles. The summed E-state index contributed by atoms with van der Waals surface area (Å²) in [5.41, 5.74) is 0.602. The van der Waals surface area contributed by atoms with Gasteiger partial charge >= 0.3 is 5.97 Å². The number of aromatic nitrogens is 4. The number of hydrogen-bond donors (Lipinski definition) is 1. The van der Waals surface area contributed by atoms with Gasteiger partial charge in [0.05, 0.1) is 0 Å². The molecule has 6 nitrogen and oxygen atoms in total. The SMILES string of the molecule is O=C(O)C(c1ccccc1)c1nncnn1. The predicted molar refractivity (Wildman–Crippen MR) is 53.5 cm³/mol. The highest BCUT2D eigenvalue weighted by molar-refractivity contribution is 5.79. The summed E-state index contributed by atoms with van der Waals surface area (Å²) < 4.78 is 0.